The average Bonchev–Trinajstić information content (AvgIpc) is 3.11. The van der Waals surface area contributed by atoms with Crippen molar-refractivity contribution in [1.29, 1.82) is 0 Å². The third-order valence-electron chi connectivity index (χ3n) is 4.92. The monoisotopic (exact) mass is 354 g/mol. The topological polar surface area (TPSA) is 50.8 Å². The minimum atomic E-state index is -0.696. The molecule has 1 amide bonds. The Bertz CT molecular complexity index is 780. The largest absolute Gasteiger partial charge is 0.454 e. The van der Waals surface area contributed by atoms with E-state index in [0.717, 1.165) is 35.8 Å². The first-order valence-electron chi connectivity index (χ1n) is 9.02. The zero-order chi connectivity index (χ0) is 18.7. The van der Waals surface area contributed by atoms with E-state index >= 15 is 0 Å². The average molecular weight is 354 g/mol. The molecule has 0 aliphatic carbocycles. The van der Waals surface area contributed by atoms with E-state index < -0.39 is 5.41 Å². The van der Waals surface area contributed by atoms with Gasteiger partial charge in [-0.15, -0.1) is 0 Å². The van der Waals surface area contributed by atoms with Crippen molar-refractivity contribution in [2.75, 3.05) is 30.1 Å². The molecule has 5 heteroatoms. The molecule has 0 saturated carbocycles. The van der Waals surface area contributed by atoms with Gasteiger partial charge in [-0.3, -0.25) is 4.79 Å². The minimum Gasteiger partial charge on any atom is -0.454 e. The van der Waals surface area contributed by atoms with Crippen LogP contribution in [0.15, 0.2) is 42.5 Å². The molecule has 0 bridgehead atoms. The van der Waals surface area contributed by atoms with Crippen LogP contribution in [0.3, 0.4) is 0 Å². The van der Waals surface area contributed by atoms with Crippen molar-refractivity contribution in [2.24, 2.45) is 0 Å². The number of rotatable bonds is 6. The van der Waals surface area contributed by atoms with Gasteiger partial charge in [0.1, 0.15) is 0 Å². The number of benzene rings is 2. The maximum atomic E-state index is 12.9. The first-order chi connectivity index (χ1) is 12.5. The van der Waals surface area contributed by atoms with Crippen molar-refractivity contribution in [3.8, 4) is 11.5 Å². The van der Waals surface area contributed by atoms with Crippen LogP contribution in [-0.2, 0) is 10.2 Å². The maximum absolute atomic E-state index is 12.9. The zero-order valence-corrected chi connectivity index (χ0v) is 15.8. The number of hydrogen-bond acceptors (Lipinski definition) is 4. The van der Waals surface area contributed by atoms with Crippen molar-refractivity contribution >= 4 is 17.3 Å². The van der Waals surface area contributed by atoms with E-state index in [-0.39, 0.29) is 12.7 Å². The lowest BCUT2D eigenvalue weighted by atomic mass is 9.83. The van der Waals surface area contributed by atoms with Gasteiger partial charge in [0, 0.05) is 24.5 Å². The Balaban J connectivity index is 1.74. The number of ether oxygens (including phenoxy) is 2. The predicted octanol–water partition coefficient (Wildman–Crippen LogP) is 4.18. The Morgan fingerprint density at radius 2 is 1.69 bits per heavy atom. The Labute approximate surface area is 154 Å². The molecule has 2 aromatic carbocycles. The van der Waals surface area contributed by atoms with E-state index in [4.69, 9.17) is 9.47 Å². The second-order valence-corrected chi connectivity index (χ2v) is 6.87. The quantitative estimate of drug-likeness (QED) is 0.845. The van der Waals surface area contributed by atoms with Crippen LogP contribution in [-0.4, -0.2) is 25.8 Å². The molecule has 138 valence electrons. The first kappa shape index (κ1) is 18.1. The molecule has 26 heavy (non-hydrogen) atoms. The smallest absolute Gasteiger partial charge is 0.234 e. The number of anilines is 2. The molecule has 1 aliphatic rings. The third kappa shape index (κ3) is 3.47. The molecule has 5 nitrogen and oxygen atoms in total. The Morgan fingerprint density at radius 1 is 1.04 bits per heavy atom. The molecule has 1 aliphatic heterocycles. The van der Waals surface area contributed by atoms with E-state index in [1.807, 2.05) is 56.3 Å². The molecule has 0 atom stereocenters. The Kier molecular flexibility index (Phi) is 5.07. The third-order valence-corrected chi connectivity index (χ3v) is 4.92. The molecule has 0 saturated heterocycles. The highest BCUT2D eigenvalue weighted by Gasteiger charge is 2.31. The maximum Gasteiger partial charge on any atom is 0.234 e. The fourth-order valence-corrected chi connectivity index (χ4v) is 3.05. The van der Waals surface area contributed by atoms with Gasteiger partial charge in [-0.1, -0.05) is 6.07 Å². The lowest BCUT2D eigenvalue weighted by molar-refractivity contribution is -0.120. The molecule has 0 fully saturated rings. The summed E-state index contributed by atoms with van der Waals surface area (Å²) < 4.78 is 10.8. The van der Waals surface area contributed by atoms with Crippen molar-refractivity contribution < 1.29 is 14.3 Å². The van der Waals surface area contributed by atoms with Crippen molar-refractivity contribution in [2.45, 2.75) is 33.1 Å². The number of carbonyl (C=O) groups is 1. The molecule has 0 unspecified atom stereocenters. The van der Waals surface area contributed by atoms with E-state index in [1.165, 1.54) is 0 Å². The highest BCUT2D eigenvalue weighted by atomic mass is 16.7. The molecule has 2 aromatic rings. The lowest BCUT2D eigenvalue weighted by Gasteiger charge is -2.25. The summed E-state index contributed by atoms with van der Waals surface area (Å²) in [6.07, 6.45) is 0. The van der Waals surface area contributed by atoms with Crippen LogP contribution in [0.5, 0.6) is 11.5 Å². The van der Waals surface area contributed by atoms with Gasteiger partial charge in [-0.2, -0.15) is 0 Å². The number of fused-ring (bicyclic) bond motifs is 1. The van der Waals surface area contributed by atoms with Crippen LogP contribution >= 0.6 is 0 Å². The number of nitrogens with one attached hydrogen (secondary N) is 1. The van der Waals surface area contributed by atoms with Crippen molar-refractivity contribution in [1.82, 2.24) is 0 Å². The van der Waals surface area contributed by atoms with Crippen molar-refractivity contribution in [3.05, 3.63) is 48.0 Å². The molecule has 3 rings (SSSR count). The van der Waals surface area contributed by atoms with Crippen LogP contribution in [0.25, 0.3) is 0 Å². The van der Waals surface area contributed by atoms with Crippen LogP contribution in [0.4, 0.5) is 11.4 Å². The summed E-state index contributed by atoms with van der Waals surface area (Å²) in [7, 11) is 0. The van der Waals surface area contributed by atoms with E-state index in [2.05, 4.69) is 24.1 Å². The van der Waals surface area contributed by atoms with Gasteiger partial charge in [0.25, 0.3) is 0 Å². The van der Waals surface area contributed by atoms with Crippen LogP contribution < -0.4 is 19.7 Å². The number of carbonyl (C=O) groups excluding carboxylic acids is 1. The van der Waals surface area contributed by atoms with E-state index in [1.54, 1.807) is 0 Å². The number of amides is 1. The molecule has 0 spiro atoms. The number of hydrogen-bond donors (Lipinski definition) is 1. The van der Waals surface area contributed by atoms with Crippen LogP contribution in [0.2, 0.25) is 0 Å². The van der Waals surface area contributed by atoms with Gasteiger partial charge >= 0.3 is 0 Å². The fourth-order valence-electron chi connectivity index (χ4n) is 3.05. The minimum absolute atomic E-state index is 0.0630. The Morgan fingerprint density at radius 3 is 2.35 bits per heavy atom. The zero-order valence-electron chi connectivity index (χ0n) is 15.8. The molecular formula is C21H26N2O3. The summed E-state index contributed by atoms with van der Waals surface area (Å²) in [5, 5.41) is 3.02. The van der Waals surface area contributed by atoms with Crippen LogP contribution in [0, 0.1) is 0 Å². The summed E-state index contributed by atoms with van der Waals surface area (Å²) in [5.41, 5.74) is 2.14. The van der Waals surface area contributed by atoms with Gasteiger partial charge < -0.3 is 19.7 Å². The van der Waals surface area contributed by atoms with Gasteiger partial charge in [-0.05, 0) is 69.7 Å². The molecule has 0 radical (unpaired) electrons. The molecule has 1 N–H and O–H groups in total. The second-order valence-electron chi connectivity index (χ2n) is 6.87. The van der Waals surface area contributed by atoms with Crippen molar-refractivity contribution in [3.63, 3.8) is 0 Å². The summed E-state index contributed by atoms with van der Waals surface area (Å²) in [4.78, 5) is 15.1. The summed E-state index contributed by atoms with van der Waals surface area (Å²) in [6.45, 7) is 10.2. The van der Waals surface area contributed by atoms with E-state index in [9.17, 15) is 4.79 Å². The summed E-state index contributed by atoms with van der Waals surface area (Å²) >= 11 is 0. The molecule has 1 heterocycles. The second kappa shape index (κ2) is 7.28. The Hall–Kier alpha value is -2.69. The van der Waals surface area contributed by atoms with Gasteiger partial charge in [0.2, 0.25) is 12.7 Å². The predicted molar refractivity (Wildman–Crippen MR) is 104 cm³/mol. The highest BCUT2D eigenvalue weighted by Crippen LogP contribution is 2.36. The first-order valence-corrected chi connectivity index (χ1v) is 9.02. The SMILES string of the molecule is CCN(CC)c1ccc(NC(=O)C(C)(C)c2ccc3c(c2)OCO3)cc1. The number of nitrogens with zero attached hydrogens (tertiary/aromatic N) is 1. The van der Waals surface area contributed by atoms with Gasteiger partial charge in [-0.25, -0.2) is 0 Å². The van der Waals surface area contributed by atoms with Gasteiger partial charge in [0.05, 0.1) is 5.41 Å². The lowest BCUT2D eigenvalue weighted by Crippen LogP contribution is -2.34. The fraction of sp³-hybridized carbons (Fsp3) is 0.381. The van der Waals surface area contributed by atoms with Crippen LogP contribution in [0.1, 0.15) is 33.3 Å². The molecular weight excluding hydrogens is 328 g/mol. The van der Waals surface area contributed by atoms with E-state index in [0.29, 0.717) is 5.75 Å². The van der Waals surface area contributed by atoms with Gasteiger partial charge in [0.15, 0.2) is 11.5 Å². The summed E-state index contributed by atoms with van der Waals surface area (Å²) in [6, 6.07) is 13.6. The molecule has 0 aromatic heterocycles. The highest BCUT2D eigenvalue weighted by molar-refractivity contribution is 5.98. The standard InChI is InChI=1S/C21H26N2O3/c1-5-23(6-2)17-10-8-16(9-11-17)22-20(24)21(3,4)15-7-12-18-19(13-15)26-14-25-18/h7-13H,5-6,14H2,1-4H3,(H,22,24). The normalized spacial score (nSPS) is 12.8. The summed E-state index contributed by atoms with van der Waals surface area (Å²) in [5.74, 6) is 1.34.